The molecular formula is C16H18N2O2. The SMILES string of the molecule is CC1(Nc2nc(C(=O)O)cc3ccccc23)CCCC1. The number of benzene rings is 1. The fourth-order valence-corrected chi connectivity index (χ4v) is 2.97. The summed E-state index contributed by atoms with van der Waals surface area (Å²) in [6.07, 6.45) is 4.61. The quantitative estimate of drug-likeness (QED) is 0.893. The molecule has 1 saturated carbocycles. The number of aromatic carboxylic acids is 1. The number of carboxylic acid groups (broad SMARTS) is 1. The molecule has 0 unspecified atom stereocenters. The van der Waals surface area contributed by atoms with Crippen LogP contribution in [-0.2, 0) is 0 Å². The summed E-state index contributed by atoms with van der Waals surface area (Å²) in [5.74, 6) is -0.305. The molecule has 0 saturated heterocycles. The molecule has 1 aromatic carbocycles. The van der Waals surface area contributed by atoms with Crippen LogP contribution in [0.4, 0.5) is 5.82 Å². The highest BCUT2D eigenvalue weighted by molar-refractivity contribution is 5.97. The highest BCUT2D eigenvalue weighted by Gasteiger charge is 2.29. The van der Waals surface area contributed by atoms with Crippen LogP contribution in [0, 0.1) is 0 Å². The number of nitrogens with one attached hydrogen (secondary N) is 1. The maximum Gasteiger partial charge on any atom is 0.354 e. The van der Waals surface area contributed by atoms with E-state index in [1.807, 2.05) is 24.3 Å². The van der Waals surface area contributed by atoms with Crippen molar-refractivity contribution in [3.8, 4) is 0 Å². The molecule has 0 aliphatic heterocycles. The first-order valence-electron chi connectivity index (χ1n) is 6.99. The molecule has 1 aliphatic rings. The lowest BCUT2D eigenvalue weighted by molar-refractivity contribution is 0.0691. The van der Waals surface area contributed by atoms with E-state index < -0.39 is 5.97 Å². The molecule has 1 aliphatic carbocycles. The van der Waals surface area contributed by atoms with Crippen LogP contribution >= 0.6 is 0 Å². The Morgan fingerprint density at radius 1 is 1.30 bits per heavy atom. The first-order chi connectivity index (χ1) is 9.57. The lowest BCUT2D eigenvalue weighted by atomic mass is 10.00. The number of aromatic nitrogens is 1. The minimum absolute atomic E-state index is 0.0207. The van der Waals surface area contributed by atoms with Gasteiger partial charge in [0.2, 0.25) is 0 Å². The first kappa shape index (κ1) is 12.9. The third-order valence-electron chi connectivity index (χ3n) is 4.09. The molecule has 0 bridgehead atoms. The summed E-state index contributed by atoms with van der Waals surface area (Å²) in [5, 5.41) is 14.6. The summed E-state index contributed by atoms with van der Waals surface area (Å²) in [4.78, 5) is 15.5. The van der Waals surface area contributed by atoms with Gasteiger partial charge in [-0.25, -0.2) is 9.78 Å². The summed E-state index contributed by atoms with van der Waals surface area (Å²) in [6.45, 7) is 2.18. The Hall–Kier alpha value is -2.10. The van der Waals surface area contributed by atoms with E-state index in [9.17, 15) is 9.90 Å². The van der Waals surface area contributed by atoms with Crippen LogP contribution in [0.2, 0.25) is 0 Å². The zero-order chi connectivity index (χ0) is 14.2. The number of nitrogens with zero attached hydrogens (tertiary/aromatic N) is 1. The normalized spacial score (nSPS) is 17.2. The lowest BCUT2D eigenvalue weighted by Crippen LogP contribution is -2.31. The predicted octanol–water partition coefficient (Wildman–Crippen LogP) is 3.68. The Bertz CT molecular complexity index is 661. The second kappa shape index (κ2) is 4.78. The summed E-state index contributed by atoms with van der Waals surface area (Å²) < 4.78 is 0. The van der Waals surface area contributed by atoms with E-state index in [0.29, 0.717) is 5.82 Å². The van der Waals surface area contributed by atoms with Gasteiger partial charge in [0.25, 0.3) is 0 Å². The van der Waals surface area contributed by atoms with Crippen LogP contribution < -0.4 is 5.32 Å². The number of carboxylic acids is 1. The van der Waals surface area contributed by atoms with Crippen molar-refractivity contribution >= 4 is 22.6 Å². The lowest BCUT2D eigenvalue weighted by Gasteiger charge is -2.27. The van der Waals surface area contributed by atoms with E-state index in [2.05, 4.69) is 17.2 Å². The van der Waals surface area contributed by atoms with Crippen molar-refractivity contribution in [3.63, 3.8) is 0 Å². The van der Waals surface area contributed by atoms with E-state index in [1.54, 1.807) is 6.07 Å². The highest BCUT2D eigenvalue weighted by Crippen LogP contribution is 2.34. The maximum absolute atomic E-state index is 11.2. The third kappa shape index (κ3) is 2.33. The van der Waals surface area contributed by atoms with E-state index in [4.69, 9.17) is 0 Å². The molecule has 1 aromatic heterocycles. The predicted molar refractivity (Wildman–Crippen MR) is 79.2 cm³/mol. The molecular weight excluding hydrogens is 252 g/mol. The van der Waals surface area contributed by atoms with Crippen molar-refractivity contribution in [2.45, 2.75) is 38.1 Å². The van der Waals surface area contributed by atoms with Gasteiger partial charge in [-0.15, -0.1) is 0 Å². The Morgan fingerprint density at radius 3 is 2.70 bits per heavy atom. The highest BCUT2D eigenvalue weighted by atomic mass is 16.4. The Balaban J connectivity index is 2.09. The Labute approximate surface area is 117 Å². The molecule has 1 heterocycles. The Morgan fingerprint density at radius 2 is 2.00 bits per heavy atom. The van der Waals surface area contributed by atoms with Gasteiger partial charge < -0.3 is 10.4 Å². The number of carbonyl (C=O) groups is 1. The van der Waals surface area contributed by atoms with Crippen molar-refractivity contribution in [1.82, 2.24) is 4.98 Å². The third-order valence-corrected chi connectivity index (χ3v) is 4.09. The van der Waals surface area contributed by atoms with Gasteiger partial charge in [0.05, 0.1) is 0 Å². The van der Waals surface area contributed by atoms with Crippen molar-refractivity contribution in [1.29, 1.82) is 0 Å². The van der Waals surface area contributed by atoms with Gasteiger partial charge in [-0.3, -0.25) is 0 Å². The molecule has 2 aromatic rings. The number of hydrogen-bond acceptors (Lipinski definition) is 3. The number of pyridine rings is 1. The molecule has 0 spiro atoms. The van der Waals surface area contributed by atoms with Crippen LogP contribution in [0.3, 0.4) is 0 Å². The molecule has 0 radical (unpaired) electrons. The largest absolute Gasteiger partial charge is 0.477 e. The van der Waals surface area contributed by atoms with E-state index in [0.717, 1.165) is 23.6 Å². The van der Waals surface area contributed by atoms with E-state index in [-0.39, 0.29) is 11.2 Å². The summed E-state index contributed by atoms with van der Waals surface area (Å²) in [5.41, 5.74) is 0.111. The molecule has 20 heavy (non-hydrogen) atoms. The fraction of sp³-hybridized carbons (Fsp3) is 0.375. The van der Waals surface area contributed by atoms with Crippen LogP contribution in [0.5, 0.6) is 0 Å². The van der Waals surface area contributed by atoms with Gasteiger partial charge in [-0.05, 0) is 31.2 Å². The van der Waals surface area contributed by atoms with Crippen LogP contribution in [0.25, 0.3) is 10.8 Å². The van der Waals surface area contributed by atoms with Crippen molar-refractivity contribution in [2.24, 2.45) is 0 Å². The average molecular weight is 270 g/mol. The maximum atomic E-state index is 11.2. The minimum atomic E-state index is -0.990. The molecule has 0 amide bonds. The Kier molecular flexibility index (Phi) is 3.08. The van der Waals surface area contributed by atoms with Crippen LogP contribution in [-0.4, -0.2) is 21.6 Å². The standard InChI is InChI=1S/C16H18N2O2/c1-16(8-4-5-9-16)18-14-12-7-3-2-6-11(12)10-13(17-14)15(19)20/h2-3,6-7,10H,4-5,8-9H2,1H3,(H,17,18)(H,19,20). The van der Waals surface area contributed by atoms with Gasteiger partial charge in [-0.2, -0.15) is 0 Å². The number of rotatable bonds is 3. The molecule has 104 valence electrons. The molecule has 2 N–H and O–H groups in total. The van der Waals surface area contributed by atoms with Crippen molar-refractivity contribution in [3.05, 3.63) is 36.0 Å². The van der Waals surface area contributed by atoms with E-state index in [1.165, 1.54) is 12.8 Å². The molecule has 4 heteroatoms. The van der Waals surface area contributed by atoms with Crippen LogP contribution in [0.1, 0.15) is 43.1 Å². The van der Waals surface area contributed by atoms with Gasteiger partial charge in [-0.1, -0.05) is 37.1 Å². The second-order valence-electron chi connectivity index (χ2n) is 5.78. The summed E-state index contributed by atoms with van der Waals surface area (Å²) in [6, 6.07) is 9.39. The minimum Gasteiger partial charge on any atom is -0.477 e. The monoisotopic (exact) mass is 270 g/mol. The van der Waals surface area contributed by atoms with Crippen molar-refractivity contribution < 1.29 is 9.90 Å². The number of hydrogen-bond donors (Lipinski definition) is 2. The zero-order valence-electron chi connectivity index (χ0n) is 11.5. The molecule has 1 fully saturated rings. The molecule has 3 rings (SSSR count). The molecule has 4 nitrogen and oxygen atoms in total. The van der Waals surface area contributed by atoms with Crippen LogP contribution in [0.15, 0.2) is 30.3 Å². The fourth-order valence-electron chi connectivity index (χ4n) is 2.97. The van der Waals surface area contributed by atoms with Crippen molar-refractivity contribution in [2.75, 3.05) is 5.32 Å². The van der Waals surface area contributed by atoms with Gasteiger partial charge in [0.15, 0.2) is 5.69 Å². The first-order valence-corrected chi connectivity index (χ1v) is 6.99. The van der Waals surface area contributed by atoms with Gasteiger partial charge >= 0.3 is 5.97 Å². The second-order valence-corrected chi connectivity index (χ2v) is 5.78. The summed E-state index contributed by atoms with van der Waals surface area (Å²) >= 11 is 0. The van der Waals surface area contributed by atoms with Gasteiger partial charge in [0.1, 0.15) is 5.82 Å². The number of anilines is 1. The average Bonchev–Trinajstić information content (AvgIpc) is 2.85. The molecule has 0 atom stereocenters. The van der Waals surface area contributed by atoms with Gasteiger partial charge in [0, 0.05) is 10.9 Å². The summed E-state index contributed by atoms with van der Waals surface area (Å²) in [7, 11) is 0. The van der Waals surface area contributed by atoms with E-state index >= 15 is 0 Å². The topological polar surface area (TPSA) is 62.2 Å². The number of fused-ring (bicyclic) bond motifs is 1. The smallest absolute Gasteiger partial charge is 0.354 e. The zero-order valence-corrected chi connectivity index (χ0v) is 11.5.